The van der Waals surface area contributed by atoms with Gasteiger partial charge in [-0.3, -0.25) is 0 Å². The first kappa shape index (κ1) is 13.4. The molecule has 0 bridgehead atoms. The van der Waals surface area contributed by atoms with E-state index in [-0.39, 0.29) is 11.7 Å². The van der Waals surface area contributed by atoms with Gasteiger partial charge in [-0.25, -0.2) is 0 Å². The molecule has 2 rings (SSSR count). The van der Waals surface area contributed by atoms with E-state index in [0.29, 0.717) is 11.8 Å². The zero-order valence-corrected chi connectivity index (χ0v) is 11.5. The molecular weight excluding hydrogens is 212 g/mol. The van der Waals surface area contributed by atoms with E-state index in [1.165, 1.54) is 25.7 Å². The highest BCUT2D eigenvalue weighted by Gasteiger charge is 2.42. The Hall–Kier alpha value is -0.0800. The van der Waals surface area contributed by atoms with Gasteiger partial charge < -0.3 is 9.84 Å². The third-order valence-corrected chi connectivity index (χ3v) is 5.06. The summed E-state index contributed by atoms with van der Waals surface area (Å²) in [6.07, 6.45) is 9.32. The van der Waals surface area contributed by atoms with Crippen LogP contribution in [0.15, 0.2) is 0 Å². The van der Waals surface area contributed by atoms with Gasteiger partial charge in [-0.15, -0.1) is 0 Å². The number of aliphatic hydroxyl groups is 1. The summed E-state index contributed by atoms with van der Waals surface area (Å²) in [7, 11) is 0. The fourth-order valence-electron chi connectivity index (χ4n) is 3.88. The minimum Gasteiger partial charge on any atom is -0.393 e. The minimum atomic E-state index is -0.105. The smallest absolute Gasteiger partial charge is 0.0686 e. The highest BCUT2D eigenvalue weighted by molar-refractivity contribution is 4.93. The Balaban J connectivity index is 1.96. The van der Waals surface area contributed by atoms with Crippen LogP contribution in [0.25, 0.3) is 0 Å². The average molecular weight is 240 g/mol. The third kappa shape index (κ3) is 2.85. The lowest BCUT2D eigenvalue weighted by Gasteiger charge is -2.41. The summed E-state index contributed by atoms with van der Waals surface area (Å²) >= 11 is 0. The molecule has 2 heteroatoms. The van der Waals surface area contributed by atoms with E-state index in [1.54, 1.807) is 0 Å². The lowest BCUT2D eigenvalue weighted by Crippen LogP contribution is -2.43. The molecule has 1 spiro atoms. The highest BCUT2D eigenvalue weighted by atomic mass is 16.5. The summed E-state index contributed by atoms with van der Waals surface area (Å²) < 4.78 is 6.04. The lowest BCUT2D eigenvalue weighted by atomic mass is 9.77. The maximum absolute atomic E-state index is 10.5. The summed E-state index contributed by atoms with van der Waals surface area (Å²) in [6.45, 7) is 5.26. The SMILES string of the molecule is CCC(CC)C(O)C1CCOC2(CCCC2)C1. The van der Waals surface area contributed by atoms with E-state index >= 15 is 0 Å². The van der Waals surface area contributed by atoms with Gasteiger partial charge in [0.25, 0.3) is 0 Å². The molecule has 2 fully saturated rings. The van der Waals surface area contributed by atoms with Crippen molar-refractivity contribution in [2.75, 3.05) is 6.61 Å². The monoisotopic (exact) mass is 240 g/mol. The number of rotatable bonds is 4. The molecule has 1 aliphatic heterocycles. The van der Waals surface area contributed by atoms with Gasteiger partial charge in [0.15, 0.2) is 0 Å². The Labute approximate surface area is 106 Å². The van der Waals surface area contributed by atoms with Crippen LogP contribution in [-0.4, -0.2) is 23.4 Å². The molecular formula is C15H28O2. The van der Waals surface area contributed by atoms with Gasteiger partial charge >= 0.3 is 0 Å². The fraction of sp³-hybridized carbons (Fsp3) is 1.00. The van der Waals surface area contributed by atoms with Crippen molar-refractivity contribution in [1.29, 1.82) is 0 Å². The predicted octanol–water partition coefficient (Wildman–Crippen LogP) is 3.52. The molecule has 2 aliphatic rings. The molecule has 2 unspecified atom stereocenters. The molecule has 1 saturated carbocycles. The quantitative estimate of drug-likeness (QED) is 0.814. The van der Waals surface area contributed by atoms with Gasteiger partial charge in [0.2, 0.25) is 0 Å². The van der Waals surface area contributed by atoms with Crippen LogP contribution in [0.3, 0.4) is 0 Å². The van der Waals surface area contributed by atoms with Crippen molar-refractivity contribution in [3.63, 3.8) is 0 Å². The van der Waals surface area contributed by atoms with E-state index < -0.39 is 0 Å². The van der Waals surface area contributed by atoms with Crippen LogP contribution in [-0.2, 0) is 4.74 Å². The van der Waals surface area contributed by atoms with Crippen LogP contribution in [0.1, 0.15) is 65.2 Å². The van der Waals surface area contributed by atoms with Gasteiger partial charge in [0.1, 0.15) is 0 Å². The normalized spacial score (nSPS) is 30.0. The molecule has 17 heavy (non-hydrogen) atoms. The van der Waals surface area contributed by atoms with Crippen molar-refractivity contribution in [3.05, 3.63) is 0 Å². The first-order valence-electron chi connectivity index (χ1n) is 7.53. The van der Waals surface area contributed by atoms with Crippen LogP contribution in [0, 0.1) is 11.8 Å². The van der Waals surface area contributed by atoms with E-state index in [4.69, 9.17) is 4.74 Å². The Bertz CT molecular complexity index is 229. The summed E-state index contributed by atoms with van der Waals surface area (Å²) in [5.74, 6) is 0.961. The molecule has 1 saturated heterocycles. The van der Waals surface area contributed by atoms with Gasteiger partial charge in [-0.1, -0.05) is 39.5 Å². The van der Waals surface area contributed by atoms with Crippen molar-refractivity contribution in [2.45, 2.75) is 76.9 Å². The molecule has 0 radical (unpaired) electrons. The summed E-state index contributed by atoms with van der Waals surface area (Å²) in [5.41, 5.74) is 0.149. The molecule has 2 atom stereocenters. The summed E-state index contributed by atoms with van der Waals surface area (Å²) in [4.78, 5) is 0. The standard InChI is InChI=1S/C15H28O2/c1-3-12(4-2)14(16)13-7-10-17-15(11-13)8-5-6-9-15/h12-14,16H,3-11H2,1-2H3. The van der Waals surface area contributed by atoms with Crippen molar-refractivity contribution >= 4 is 0 Å². The van der Waals surface area contributed by atoms with E-state index in [0.717, 1.165) is 32.3 Å². The van der Waals surface area contributed by atoms with Crippen LogP contribution in [0.4, 0.5) is 0 Å². The van der Waals surface area contributed by atoms with E-state index in [1.807, 2.05) is 0 Å². The van der Waals surface area contributed by atoms with Gasteiger partial charge in [-0.05, 0) is 37.5 Å². The fourth-order valence-corrected chi connectivity index (χ4v) is 3.88. The van der Waals surface area contributed by atoms with Gasteiger partial charge in [0.05, 0.1) is 11.7 Å². The van der Waals surface area contributed by atoms with Crippen molar-refractivity contribution in [1.82, 2.24) is 0 Å². The Morgan fingerprint density at radius 2 is 1.88 bits per heavy atom. The van der Waals surface area contributed by atoms with Crippen LogP contribution in [0.5, 0.6) is 0 Å². The van der Waals surface area contributed by atoms with Crippen molar-refractivity contribution < 1.29 is 9.84 Å². The highest BCUT2D eigenvalue weighted by Crippen LogP contribution is 2.44. The second-order valence-corrected chi connectivity index (χ2v) is 6.06. The van der Waals surface area contributed by atoms with E-state index in [9.17, 15) is 5.11 Å². The molecule has 0 aromatic heterocycles. The zero-order chi connectivity index (χ0) is 12.3. The molecule has 1 heterocycles. The predicted molar refractivity (Wildman–Crippen MR) is 70.0 cm³/mol. The second kappa shape index (κ2) is 5.71. The molecule has 0 aromatic carbocycles. The first-order chi connectivity index (χ1) is 8.21. The maximum atomic E-state index is 10.5. The van der Waals surface area contributed by atoms with Crippen LogP contribution >= 0.6 is 0 Å². The maximum Gasteiger partial charge on any atom is 0.0686 e. The van der Waals surface area contributed by atoms with E-state index in [2.05, 4.69) is 13.8 Å². The molecule has 2 nitrogen and oxygen atoms in total. The minimum absolute atomic E-state index is 0.105. The average Bonchev–Trinajstić information content (AvgIpc) is 2.78. The lowest BCUT2D eigenvalue weighted by molar-refractivity contribution is -0.120. The van der Waals surface area contributed by atoms with Crippen LogP contribution < -0.4 is 0 Å². The number of hydrogen-bond donors (Lipinski definition) is 1. The summed E-state index contributed by atoms with van der Waals surface area (Å²) in [5, 5.41) is 10.5. The van der Waals surface area contributed by atoms with Gasteiger partial charge in [-0.2, -0.15) is 0 Å². The number of aliphatic hydroxyl groups excluding tert-OH is 1. The number of ether oxygens (including phenoxy) is 1. The molecule has 1 aliphatic carbocycles. The first-order valence-corrected chi connectivity index (χ1v) is 7.53. The molecule has 100 valence electrons. The molecule has 0 amide bonds. The van der Waals surface area contributed by atoms with Gasteiger partial charge in [0, 0.05) is 6.61 Å². The Morgan fingerprint density at radius 3 is 2.47 bits per heavy atom. The zero-order valence-electron chi connectivity index (χ0n) is 11.5. The topological polar surface area (TPSA) is 29.5 Å². The second-order valence-electron chi connectivity index (χ2n) is 6.06. The molecule has 1 N–H and O–H groups in total. The number of hydrogen-bond acceptors (Lipinski definition) is 2. The third-order valence-electron chi connectivity index (χ3n) is 5.06. The van der Waals surface area contributed by atoms with Crippen molar-refractivity contribution in [2.24, 2.45) is 11.8 Å². The summed E-state index contributed by atoms with van der Waals surface area (Å²) in [6, 6.07) is 0. The van der Waals surface area contributed by atoms with Crippen molar-refractivity contribution in [3.8, 4) is 0 Å². The van der Waals surface area contributed by atoms with Crippen LogP contribution in [0.2, 0.25) is 0 Å². The Morgan fingerprint density at radius 1 is 1.24 bits per heavy atom. The largest absolute Gasteiger partial charge is 0.393 e. The Kier molecular flexibility index (Phi) is 4.48. The molecule has 0 aromatic rings.